The van der Waals surface area contributed by atoms with Crippen molar-refractivity contribution in [1.29, 1.82) is 0 Å². The highest BCUT2D eigenvalue weighted by atomic mass is 19.4. The van der Waals surface area contributed by atoms with Gasteiger partial charge in [0.15, 0.2) is 0 Å². The maximum absolute atomic E-state index is 15.2. The standard InChI is InChI=1S/C30H19F4N5O2/c1-2-27(40)38-22-5-3-4-18(11-22)24-12-19(10-20-15-35-16-37-28(20)24)17-6-7-23(25(31)13-17)29(41)39-26-14-21(8-9-36-26)30(32,33)34/h2-16H,1H2,(H,38,40)(H,36,39,41). The van der Waals surface area contributed by atoms with Gasteiger partial charge in [-0.25, -0.2) is 19.3 Å². The molecule has 0 fully saturated rings. The number of nitrogens with zero attached hydrogens (tertiary/aromatic N) is 3. The van der Waals surface area contributed by atoms with Crippen LogP contribution in [0.3, 0.4) is 0 Å². The van der Waals surface area contributed by atoms with Crippen molar-refractivity contribution in [3.8, 4) is 22.3 Å². The number of benzene rings is 3. The third-order valence-electron chi connectivity index (χ3n) is 6.11. The molecule has 3 aromatic carbocycles. The van der Waals surface area contributed by atoms with Crippen molar-refractivity contribution in [2.45, 2.75) is 6.18 Å². The van der Waals surface area contributed by atoms with Crippen molar-refractivity contribution in [3.05, 3.63) is 115 Å². The largest absolute Gasteiger partial charge is 0.416 e. The predicted octanol–water partition coefficient (Wildman–Crippen LogP) is 6.89. The molecule has 41 heavy (non-hydrogen) atoms. The molecule has 5 aromatic rings. The molecule has 0 aliphatic carbocycles. The molecule has 11 heteroatoms. The molecule has 204 valence electrons. The lowest BCUT2D eigenvalue weighted by Crippen LogP contribution is -2.15. The van der Waals surface area contributed by atoms with Gasteiger partial charge in [-0.05, 0) is 71.3 Å². The molecule has 0 atom stereocenters. The summed E-state index contributed by atoms with van der Waals surface area (Å²) in [5.74, 6) is -2.57. The SMILES string of the molecule is C=CC(=O)Nc1cccc(-c2cc(-c3ccc(C(=O)Nc4cc(C(F)(F)F)ccn4)c(F)c3)cc3cncnc23)c1. The van der Waals surface area contributed by atoms with Crippen LogP contribution in [0.25, 0.3) is 33.2 Å². The second-order valence-electron chi connectivity index (χ2n) is 8.83. The van der Waals surface area contributed by atoms with Crippen LogP contribution in [-0.2, 0) is 11.0 Å². The third-order valence-corrected chi connectivity index (χ3v) is 6.11. The third kappa shape index (κ3) is 5.93. The minimum atomic E-state index is -4.63. The molecule has 2 N–H and O–H groups in total. The highest BCUT2D eigenvalue weighted by Crippen LogP contribution is 2.35. The lowest BCUT2D eigenvalue weighted by molar-refractivity contribution is -0.137. The Balaban J connectivity index is 1.49. The summed E-state index contributed by atoms with van der Waals surface area (Å²) >= 11 is 0. The molecular weight excluding hydrogens is 538 g/mol. The summed E-state index contributed by atoms with van der Waals surface area (Å²) in [6.45, 7) is 3.45. The molecular formula is C30H19F4N5O2. The number of fused-ring (bicyclic) bond motifs is 1. The Kier molecular flexibility index (Phi) is 7.26. The smallest absolute Gasteiger partial charge is 0.323 e. The number of anilines is 2. The van der Waals surface area contributed by atoms with E-state index in [2.05, 4.69) is 32.2 Å². The number of halogens is 4. The van der Waals surface area contributed by atoms with Crippen molar-refractivity contribution in [3.63, 3.8) is 0 Å². The van der Waals surface area contributed by atoms with Gasteiger partial charge in [0.2, 0.25) is 5.91 Å². The number of hydrogen-bond acceptors (Lipinski definition) is 5. The summed E-state index contributed by atoms with van der Waals surface area (Å²) in [5, 5.41) is 5.58. The minimum absolute atomic E-state index is 0.362. The van der Waals surface area contributed by atoms with Gasteiger partial charge in [0.1, 0.15) is 18.0 Å². The van der Waals surface area contributed by atoms with E-state index in [9.17, 15) is 22.8 Å². The molecule has 5 rings (SSSR count). The lowest BCUT2D eigenvalue weighted by atomic mass is 9.95. The first-order valence-electron chi connectivity index (χ1n) is 12.0. The number of alkyl halides is 3. The number of pyridine rings is 1. The lowest BCUT2D eigenvalue weighted by Gasteiger charge is -2.13. The molecule has 0 unspecified atom stereocenters. The van der Waals surface area contributed by atoms with Crippen LogP contribution in [0.5, 0.6) is 0 Å². The van der Waals surface area contributed by atoms with Crippen LogP contribution in [0.2, 0.25) is 0 Å². The zero-order valence-corrected chi connectivity index (χ0v) is 21.0. The van der Waals surface area contributed by atoms with E-state index in [4.69, 9.17) is 0 Å². The van der Waals surface area contributed by atoms with Crippen LogP contribution in [0, 0.1) is 5.82 Å². The summed E-state index contributed by atoms with van der Waals surface area (Å²) in [5.41, 5.74) is 2.23. The minimum Gasteiger partial charge on any atom is -0.323 e. The van der Waals surface area contributed by atoms with Gasteiger partial charge in [0, 0.05) is 29.0 Å². The molecule has 0 saturated carbocycles. The van der Waals surface area contributed by atoms with Gasteiger partial charge in [-0.1, -0.05) is 24.8 Å². The van der Waals surface area contributed by atoms with Crippen LogP contribution in [0.1, 0.15) is 15.9 Å². The Morgan fingerprint density at radius 3 is 2.46 bits per heavy atom. The van der Waals surface area contributed by atoms with Gasteiger partial charge in [-0.15, -0.1) is 0 Å². The zero-order valence-electron chi connectivity index (χ0n) is 21.0. The number of carbonyl (C=O) groups excluding carboxylic acids is 2. The molecule has 0 aliphatic heterocycles. The van der Waals surface area contributed by atoms with Gasteiger partial charge in [0.25, 0.3) is 5.91 Å². The topological polar surface area (TPSA) is 96.9 Å². The number of amides is 2. The van der Waals surface area contributed by atoms with Crippen LogP contribution in [0.4, 0.5) is 29.1 Å². The number of carbonyl (C=O) groups is 2. The molecule has 0 radical (unpaired) electrons. The van der Waals surface area contributed by atoms with Gasteiger partial charge >= 0.3 is 6.18 Å². The molecule has 2 heterocycles. The Bertz CT molecular complexity index is 1820. The Morgan fingerprint density at radius 2 is 1.71 bits per heavy atom. The highest BCUT2D eigenvalue weighted by Gasteiger charge is 2.31. The van der Waals surface area contributed by atoms with E-state index < -0.39 is 23.5 Å². The zero-order chi connectivity index (χ0) is 29.1. The molecule has 0 bridgehead atoms. The molecule has 0 spiro atoms. The Hall–Kier alpha value is -5.45. The summed E-state index contributed by atoms with van der Waals surface area (Å²) in [6.07, 6.45) is 0.451. The first-order chi connectivity index (χ1) is 19.6. The molecule has 2 amide bonds. The van der Waals surface area contributed by atoms with E-state index in [1.807, 2.05) is 6.07 Å². The van der Waals surface area contributed by atoms with Crippen molar-refractivity contribution in [2.75, 3.05) is 10.6 Å². The van der Waals surface area contributed by atoms with Crippen LogP contribution in [0.15, 0.2) is 98.1 Å². The van der Waals surface area contributed by atoms with E-state index in [-0.39, 0.29) is 17.3 Å². The van der Waals surface area contributed by atoms with Gasteiger partial charge in [-0.2, -0.15) is 13.2 Å². The van der Waals surface area contributed by atoms with Gasteiger partial charge in [-0.3, -0.25) is 9.59 Å². The van der Waals surface area contributed by atoms with Crippen molar-refractivity contribution in [2.24, 2.45) is 0 Å². The quantitative estimate of drug-likeness (QED) is 0.175. The normalized spacial score (nSPS) is 11.2. The second-order valence-corrected chi connectivity index (χ2v) is 8.83. The maximum atomic E-state index is 15.2. The van der Waals surface area contributed by atoms with E-state index >= 15 is 4.39 Å². The Labute approximate surface area is 230 Å². The van der Waals surface area contributed by atoms with Crippen LogP contribution in [-0.4, -0.2) is 26.8 Å². The average Bonchev–Trinajstić information content (AvgIpc) is 2.96. The highest BCUT2D eigenvalue weighted by molar-refractivity contribution is 6.04. The molecule has 0 saturated heterocycles. The van der Waals surface area contributed by atoms with Crippen molar-refractivity contribution in [1.82, 2.24) is 15.0 Å². The molecule has 2 aromatic heterocycles. The average molecular weight is 558 g/mol. The Morgan fingerprint density at radius 1 is 0.878 bits per heavy atom. The summed E-state index contributed by atoms with van der Waals surface area (Å²) in [4.78, 5) is 36.6. The summed E-state index contributed by atoms with van der Waals surface area (Å²) < 4.78 is 54.1. The predicted molar refractivity (Wildman–Crippen MR) is 146 cm³/mol. The van der Waals surface area contributed by atoms with Crippen LogP contribution >= 0.6 is 0 Å². The van der Waals surface area contributed by atoms with Gasteiger partial charge in [0.05, 0.1) is 16.6 Å². The maximum Gasteiger partial charge on any atom is 0.416 e. The molecule has 7 nitrogen and oxygen atoms in total. The second kappa shape index (κ2) is 11.0. The number of nitrogens with one attached hydrogen (secondary N) is 2. The monoisotopic (exact) mass is 557 g/mol. The first kappa shape index (κ1) is 27.1. The summed E-state index contributed by atoms with van der Waals surface area (Å²) in [6, 6.07) is 16.0. The van der Waals surface area contributed by atoms with Crippen molar-refractivity contribution < 1.29 is 27.2 Å². The van der Waals surface area contributed by atoms with E-state index in [0.29, 0.717) is 39.3 Å². The number of hydrogen-bond donors (Lipinski definition) is 2. The van der Waals surface area contributed by atoms with Gasteiger partial charge < -0.3 is 10.6 Å². The van der Waals surface area contributed by atoms with E-state index in [1.54, 1.807) is 36.5 Å². The summed E-state index contributed by atoms with van der Waals surface area (Å²) in [7, 11) is 0. The first-order valence-corrected chi connectivity index (χ1v) is 12.0. The fraction of sp³-hybridized carbons (Fsp3) is 0.0333. The molecule has 0 aliphatic rings. The fourth-order valence-corrected chi connectivity index (χ4v) is 4.19. The number of aromatic nitrogens is 3. The van der Waals surface area contributed by atoms with Crippen LogP contribution < -0.4 is 10.6 Å². The fourth-order valence-electron chi connectivity index (χ4n) is 4.19. The van der Waals surface area contributed by atoms with E-state index in [0.717, 1.165) is 30.0 Å². The van der Waals surface area contributed by atoms with Crippen molar-refractivity contribution >= 4 is 34.2 Å². The number of rotatable bonds is 6. The van der Waals surface area contributed by atoms with E-state index in [1.165, 1.54) is 18.5 Å².